The van der Waals surface area contributed by atoms with Crippen molar-refractivity contribution in [2.45, 2.75) is 32.2 Å². The lowest BCUT2D eigenvalue weighted by molar-refractivity contribution is -0.117. The van der Waals surface area contributed by atoms with Crippen LogP contribution in [0.25, 0.3) is 0 Å². The molecule has 1 aliphatic rings. The van der Waals surface area contributed by atoms with Crippen molar-refractivity contribution in [1.29, 1.82) is 0 Å². The van der Waals surface area contributed by atoms with E-state index < -0.39 is 5.97 Å². The summed E-state index contributed by atoms with van der Waals surface area (Å²) in [5.74, 6) is 0.0369. The van der Waals surface area contributed by atoms with Gasteiger partial charge in [-0.05, 0) is 49.6 Å². The first-order valence-corrected chi connectivity index (χ1v) is 9.44. The maximum absolute atomic E-state index is 12.3. The zero-order chi connectivity index (χ0) is 19.9. The molecule has 0 saturated carbocycles. The smallest absolute Gasteiger partial charge is 0.337 e. The van der Waals surface area contributed by atoms with Gasteiger partial charge in [-0.3, -0.25) is 9.69 Å². The molecule has 1 fully saturated rings. The number of hydrogen-bond donors (Lipinski definition) is 3. The van der Waals surface area contributed by atoms with Crippen molar-refractivity contribution < 1.29 is 19.4 Å². The van der Waals surface area contributed by atoms with E-state index in [4.69, 9.17) is 0 Å². The Morgan fingerprint density at radius 3 is 2.37 bits per heavy atom. The molecule has 3 N–H and O–H groups in total. The van der Waals surface area contributed by atoms with Crippen LogP contribution in [0.3, 0.4) is 0 Å². The van der Waals surface area contributed by atoms with Gasteiger partial charge in [-0.25, -0.2) is 4.79 Å². The molecule has 0 bridgehead atoms. The van der Waals surface area contributed by atoms with Crippen molar-refractivity contribution in [2.24, 2.45) is 5.92 Å². The van der Waals surface area contributed by atoms with Gasteiger partial charge in [-0.1, -0.05) is 13.8 Å². The first kappa shape index (κ1) is 21.3. The number of nitrogens with zero attached hydrogens (tertiary/aromatic N) is 1. The van der Waals surface area contributed by atoms with Crippen LogP contribution in [-0.2, 0) is 9.53 Å². The lowest BCUT2D eigenvalue weighted by atomic mass is 9.87. The van der Waals surface area contributed by atoms with Gasteiger partial charge in [-0.15, -0.1) is 0 Å². The molecular formula is C20H31N3O4. The van der Waals surface area contributed by atoms with Crippen LogP contribution in [0, 0.1) is 5.92 Å². The molecule has 0 aromatic heterocycles. The molecule has 7 heteroatoms. The van der Waals surface area contributed by atoms with Gasteiger partial charge >= 0.3 is 5.97 Å². The minimum Gasteiger partial charge on any atom is -0.465 e. The van der Waals surface area contributed by atoms with Crippen LogP contribution < -0.4 is 10.6 Å². The lowest BCUT2D eigenvalue weighted by Gasteiger charge is -2.41. The van der Waals surface area contributed by atoms with E-state index in [0.29, 0.717) is 23.7 Å². The van der Waals surface area contributed by atoms with E-state index in [1.54, 1.807) is 24.3 Å². The molecule has 0 spiro atoms. The van der Waals surface area contributed by atoms with E-state index in [2.05, 4.69) is 34.1 Å². The van der Waals surface area contributed by atoms with Gasteiger partial charge in [0.2, 0.25) is 5.91 Å². The zero-order valence-corrected chi connectivity index (χ0v) is 16.5. The van der Waals surface area contributed by atoms with Crippen LogP contribution >= 0.6 is 0 Å². The van der Waals surface area contributed by atoms with Crippen molar-refractivity contribution >= 4 is 17.6 Å². The molecule has 0 aliphatic carbocycles. The fraction of sp³-hybridized carbons (Fsp3) is 0.600. The summed E-state index contributed by atoms with van der Waals surface area (Å²) in [5.41, 5.74) is 0.856. The Hall–Kier alpha value is -1.96. The van der Waals surface area contributed by atoms with Crippen LogP contribution in [0.2, 0.25) is 0 Å². The minimum absolute atomic E-state index is 0.0903. The molecule has 1 aromatic rings. The molecule has 7 nitrogen and oxygen atoms in total. The highest BCUT2D eigenvalue weighted by Crippen LogP contribution is 2.22. The predicted molar refractivity (Wildman–Crippen MR) is 105 cm³/mol. The summed E-state index contributed by atoms with van der Waals surface area (Å²) in [6.07, 6.45) is 1.63. The highest BCUT2D eigenvalue weighted by atomic mass is 16.5. The second-order valence-corrected chi connectivity index (χ2v) is 7.61. The number of piperidine rings is 1. The first-order valence-electron chi connectivity index (χ1n) is 9.44. The van der Waals surface area contributed by atoms with Gasteiger partial charge in [-0.2, -0.15) is 0 Å². The molecule has 1 saturated heterocycles. The van der Waals surface area contributed by atoms with E-state index in [1.807, 2.05) is 0 Å². The van der Waals surface area contributed by atoms with Gasteiger partial charge in [0.25, 0.3) is 0 Å². The fourth-order valence-electron chi connectivity index (χ4n) is 3.16. The summed E-state index contributed by atoms with van der Waals surface area (Å²) in [7, 11) is 1.33. The molecule has 0 atom stereocenters. The number of methoxy groups -OCH3 is 1. The van der Waals surface area contributed by atoms with Gasteiger partial charge in [0.05, 0.1) is 25.8 Å². The van der Waals surface area contributed by atoms with E-state index in [1.165, 1.54) is 7.11 Å². The number of amides is 1. The molecule has 0 unspecified atom stereocenters. The summed E-state index contributed by atoms with van der Waals surface area (Å²) in [4.78, 5) is 25.8. The quantitative estimate of drug-likeness (QED) is 0.595. The number of carbonyl (C=O) groups is 2. The Bertz CT molecular complexity index is 623. The summed E-state index contributed by atoms with van der Waals surface area (Å²) in [6, 6.07) is 6.62. The molecule has 1 heterocycles. The second-order valence-electron chi connectivity index (χ2n) is 7.61. The number of esters is 1. The number of carbonyl (C=O) groups excluding carboxylic acids is 2. The summed E-state index contributed by atoms with van der Waals surface area (Å²) >= 11 is 0. The third-order valence-corrected chi connectivity index (χ3v) is 4.96. The van der Waals surface area contributed by atoms with E-state index in [0.717, 1.165) is 32.5 Å². The maximum atomic E-state index is 12.3. The van der Waals surface area contributed by atoms with Crippen molar-refractivity contribution in [1.82, 2.24) is 10.2 Å². The lowest BCUT2D eigenvalue weighted by Crippen LogP contribution is -2.57. The number of aliphatic hydroxyl groups excluding tert-OH is 1. The number of hydrogen-bond acceptors (Lipinski definition) is 6. The predicted octanol–water partition coefficient (Wildman–Crippen LogP) is 1.48. The highest BCUT2D eigenvalue weighted by molar-refractivity contribution is 5.93. The van der Waals surface area contributed by atoms with Crippen molar-refractivity contribution in [3.8, 4) is 0 Å². The molecule has 1 amide bonds. The molecule has 27 heavy (non-hydrogen) atoms. The molecule has 0 radical (unpaired) electrons. The van der Waals surface area contributed by atoms with Gasteiger partial charge < -0.3 is 20.5 Å². The van der Waals surface area contributed by atoms with Gasteiger partial charge in [0.15, 0.2) is 0 Å². The summed E-state index contributed by atoms with van der Waals surface area (Å²) < 4.78 is 4.66. The molecular weight excluding hydrogens is 346 g/mol. The third-order valence-electron chi connectivity index (χ3n) is 4.96. The Morgan fingerprint density at radius 2 is 1.85 bits per heavy atom. The van der Waals surface area contributed by atoms with Gasteiger partial charge in [0.1, 0.15) is 0 Å². The van der Waals surface area contributed by atoms with E-state index in [-0.39, 0.29) is 18.1 Å². The molecule has 1 aliphatic heterocycles. The van der Waals surface area contributed by atoms with Crippen LogP contribution in [0.4, 0.5) is 5.69 Å². The molecule has 2 rings (SSSR count). The Labute approximate surface area is 161 Å². The van der Waals surface area contributed by atoms with E-state index >= 15 is 0 Å². The van der Waals surface area contributed by atoms with Crippen molar-refractivity contribution in [3.05, 3.63) is 29.8 Å². The maximum Gasteiger partial charge on any atom is 0.337 e. The SMILES string of the molecule is COC(=O)c1ccc(NC(=O)CN2CCC(CO)(NCC(C)C)CC2)cc1. The van der Waals surface area contributed by atoms with Crippen LogP contribution in [0.1, 0.15) is 37.0 Å². The largest absolute Gasteiger partial charge is 0.465 e. The Balaban J connectivity index is 1.81. The van der Waals surface area contributed by atoms with Crippen molar-refractivity contribution in [2.75, 3.05) is 45.2 Å². The summed E-state index contributed by atoms with van der Waals surface area (Å²) in [6.45, 7) is 7.13. The van der Waals surface area contributed by atoms with Crippen LogP contribution in [0.15, 0.2) is 24.3 Å². The monoisotopic (exact) mass is 377 g/mol. The van der Waals surface area contributed by atoms with Crippen LogP contribution in [-0.4, -0.2) is 67.3 Å². The molecule has 1 aromatic carbocycles. The Kier molecular flexibility index (Phi) is 7.77. The van der Waals surface area contributed by atoms with Crippen LogP contribution in [0.5, 0.6) is 0 Å². The topological polar surface area (TPSA) is 90.9 Å². The highest BCUT2D eigenvalue weighted by Gasteiger charge is 2.34. The molecule has 150 valence electrons. The summed E-state index contributed by atoms with van der Waals surface area (Å²) in [5, 5.41) is 16.2. The standard InChI is InChI=1S/C20H31N3O4/c1-15(2)12-21-20(14-24)8-10-23(11-9-20)13-18(25)22-17-6-4-16(5-7-17)19(26)27-3/h4-7,15,21,24H,8-14H2,1-3H3,(H,22,25). The number of likely N-dealkylation sites (tertiary alicyclic amines) is 1. The average Bonchev–Trinajstić information content (AvgIpc) is 2.67. The second kappa shape index (κ2) is 9.82. The number of benzene rings is 1. The zero-order valence-electron chi connectivity index (χ0n) is 16.5. The number of ether oxygens (including phenoxy) is 1. The number of anilines is 1. The van der Waals surface area contributed by atoms with Crippen molar-refractivity contribution in [3.63, 3.8) is 0 Å². The van der Waals surface area contributed by atoms with E-state index in [9.17, 15) is 14.7 Å². The van der Waals surface area contributed by atoms with Gasteiger partial charge in [0, 0.05) is 24.3 Å². The minimum atomic E-state index is -0.403. The Morgan fingerprint density at radius 1 is 1.22 bits per heavy atom. The first-order chi connectivity index (χ1) is 12.9. The number of rotatable bonds is 8. The number of nitrogens with one attached hydrogen (secondary N) is 2. The number of aliphatic hydroxyl groups is 1. The third kappa shape index (κ3) is 6.30. The average molecular weight is 377 g/mol. The fourth-order valence-corrected chi connectivity index (χ4v) is 3.16. The normalized spacial score (nSPS) is 16.9.